The Labute approximate surface area is 180 Å². The minimum Gasteiger partial charge on any atom is -0.382 e. The van der Waals surface area contributed by atoms with Crippen LogP contribution in [0.1, 0.15) is 18.4 Å². The van der Waals surface area contributed by atoms with Gasteiger partial charge in [0.15, 0.2) is 0 Å². The molecule has 1 heterocycles. The molecule has 1 aromatic carbocycles. The fraction of sp³-hybridized carbons (Fsp3) is 0.550. The maximum Gasteiger partial charge on any atom is 0.290 e. The average molecular weight is 445 g/mol. The number of carbonyl (C=O) groups is 3. The molecule has 29 heavy (non-hydrogen) atoms. The second-order valence-corrected chi connectivity index (χ2v) is 7.58. The van der Waals surface area contributed by atoms with Crippen LogP contribution in [0, 0.1) is 5.92 Å². The molecule has 0 aromatic heterocycles. The van der Waals surface area contributed by atoms with Crippen LogP contribution < -0.4 is 5.32 Å². The molecule has 1 atom stereocenters. The van der Waals surface area contributed by atoms with Gasteiger partial charge in [0, 0.05) is 33.4 Å². The summed E-state index contributed by atoms with van der Waals surface area (Å²) in [5.74, 6) is -2.59. The van der Waals surface area contributed by atoms with Crippen LogP contribution in [0.3, 0.4) is 0 Å². The van der Waals surface area contributed by atoms with E-state index in [4.69, 9.17) is 32.7 Å². The van der Waals surface area contributed by atoms with Crippen LogP contribution in [-0.2, 0) is 30.3 Å². The SMILES string of the molecule is COCCOCCCN1CC(C(=O)NCCCc2ccc(Cl)c(Cl)c2)C(=O)C1=O. The molecule has 0 spiro atoms. The molecule has 0 bridgehead atoms. The van der Waals surface area contributed by atoms with Gasteiger partial charge < -0.3 is 19.7 Å². The first kappa shape index (κ1) is 23.6. The van der Waals surface area contributed by atoms with Gasteiger partial charge in [0.05, 0.1) is 23.3 Å². The van der Waals surface area contributed by atoms with Crippen LogP contribution in [0.5, 0.6) is 0 Å². The summed E-state index contributed by atoms with van der Waals surface area (Å²) in [7, 11) is 1.59. The van der Waals surface area contributed by atoms with E-state index in [0.717, 1.165) is 5.56 Å². The van der Waals surface area contributed by atoms with Crippen LogP contribution in [0.4, 0.5) is 0 Å². The quantitative estimate of drug-likeness (QED) is 0.303. The fourth-order valence-electron chi connectivity index (χ4n) is 3.01. The van der Waals surface area contributed by atoms with Crippen molar-refractivity contribution in [1.29, 1.82) is 0 Å². The highest BCUT2D eigenvalue weighted by atomic mass is 35.5. The van der Waals surface area contributed by atoms with Gasteiger partial charge in [0.1, 0.15) is 5.92 Å². The molecule has 2 rings (SSSR count). The van der Waals surface area contributed by atoms with E-state index < -0.39 is 23.5 Å². The first-order chi connectivity index (χ1) is 13.9. The van der Waals surface area contributed by atoms with Crippen molar-refractivity contribution < 1.29 is 23.9 Å². The Morgan fingerprint density at radius 3 is 2.69 bits per heavy atom. The molecule has 1 aliphatic heterocycles. The highest BCUT2D eigenvalue weighted by Crippen LogP contribution is 2.23. The van der Waals surface area contributed by atoms with Crippen molar-refractivity contribution in [1.82, 2.24) is 10.2 Å². The number of aryl methyl sites for hydroxylation is 1. The average Bonchev–Trinajstić information content (AvgIpc) is 2.99. The lowest BCUT2D eigenvalue weighted by Gasteiger charge is -2.15. The molecule has 160 valence electrons. The van der Waals surface area contributed by atoms with E-state index in [2.05, 4.69) is 5.32 Å². The second kappa shape index (κ2) is 12.1. The molecule has 1 aromatic rings. The molecule has 0 radical (unpaired) electrons. The van der Waals surface area contributed by atoms with Crippen molar-refractivity contribution >= 4 is 40.8 Å². The van der Waals surface area contributed by atoms with Crippen molar-refractivity contribution in [3.8, 4) is 0 Å². The Kier molecular flexibility index (Phi) is 9.87. The van der Waals surface area contributed by atoms with E-state index in [-0.39, 0.29) is 6.54 Å². The number of halogens is 2. The first-order valence-corrected chi connectivity index (χ1v) is 10.3. The summed E-state index contributed by atoms with van der Waals surface area (Å²) >= 11 is 11.9. The minimum atomic E-state index is -0.943. The predicted molar refractivity (Wildman–Crippen MR) is 110 cm³/mol. The van der Waals surface area contributed by atoms with E-state index in [0.29, 0.717) is 62.2 Å². The number of carbonyl (C=O) groups excluding carboxylic acids is 3. The molecule has 1 fully saturated rings. The van der Waals surface area contributed by atoms with E-state index in [1.807, 2.05) is 6.07 Å². The summed E-state index contributed by atoms with van der Waals surface area (Å²) in [4.78, 5) is 37.9. The summed E-state index contributed by atoms with van der Waals surface area (Å²) < 4.78 is 10.2. The molecular weight excluding hydrogens is 419 g/mol. The number of methoxy groups -OCH3 is 1. The van der Waals surface area contributed by atoms with Gasteiger partial charge >= 0.3 is 0 Å². The number of Topliss-reactive ketones (excluding diaryl/α,β-unsaturated/α-hetero) is 1. The topological polar surface area (TPSA) is 84.9 Å². The van der Waals surface area contributed by atoms with Crippen LogP contribution in [-0.4, -0.2) is 69.1 Å². The monoisotopic (exact) mass is 444 g/mol. The van der Waals surface area contributed by atoms with Crippen molar-refractivity contribution in [2.75, 3.05) is 46.6 Å². The summed E-state index contributed by atoms with van der Waals surface area (Å²) in [6.07, 6.45) is 1.99. The molecule has 1 saturated heterocycles. The smallest absolute Gasteiger partial charge is 0.290 e. The number of likely N-dealkylation sites (tertiary alicyclic amines) is 1. The van der Waals surface area contributed by atoms with Gasteiger partial charge in [-0.05, 0) is 37.0 Å². The van der Waals surface area contributed by atoms with Crippen LogP contribution in [0.2, 0.25) is 10.0 Å². The number of hydrogen-bond acceptors (Lipinski definition) is 5. The number of nitrogens with one attached hydrogen (secondary N) is 1. The maximum atomic E-state index is 12.3. The largest absolute Gasteiger partial charge is 0.382 e. The van der Waals surface area contributed by atoms with Gasteiger partial charge in [-0.2, -0.15) is 0 Å². The van der Waals surface area contributed by atoms with Crippen LogP contribution in [0.25, 0.3) is 0 Å². The number of benzene rings is 1. The Morgan fingerprint density at radius 2 is 1.97 bits per heavy atom. The Hall–Kier alpha value is -1.67. The van der Waals surface area contributed by atoms with Crippen molar-refractivity contribution in [3.05, 3.63) is 33.8 Å². The summed E-state index contributed by atoms with van der Waals surface area (Å²) in [5.41, 5.74) is 1.01. The van der Waals surface area contributed by atoms with Gasteiger partial charge in [-0.1, -0.05) is 29.3 Å². The number of nitrogens with zero attached hydrogens (tertiary/aromatic N) is 1. The zero-order chi connectivity index (χ0) is 21.2. The van der Waals surface area contributed by atoms with Crippen LogP contribution in [0.15, 0.2) is 18.2 Å². The molecular formula is C20H26Cl2N2O5. The standard InChI is InChI=1S/C20H26Cl2N2O5/c1-28-10-11-29-9-3-8-24-13-15(18(25)20(24)27)19(26)23-7-2-4-14-5-6-16(21)17(22)12-14/h5-6,12,15H,2-4,7-11,13H2,1H3,(H,23,26). The third-order valence-electron chi connectivity index (χ3n) is 4.61. The normalized spacial score (nSPS) is 16.5. The van der Waals surface area contributed by atoms with E-state index in [9.17, 15) is 14.4 Å². The molecule has 0 aliphatic carbocycles. The van der Waals surface area contributed by atoms with Crippen molar-refractivity contribution in [2.24, 2.45) is 5.92 Å². The molecule has 1 N–H and O–H groups in total. The van der Waals surface area contributed by atoms with Gasteiger partial charge in [-0.15, -0.1) is 0 Å². The zero-order valence-electron chi connectivity index (χ0n) is 16.4. The fourth-order valence-corrected chi connectivity index (χ4v) is 3.33. The minimum absolute atomic E-state index is 0.119. The third kappa shape index (κ3) is 7.26. The lowest BCUT2D eigenvalue weighted by molar-refractivity contribution is -0.142. The molecule has 0 saturated carbocycles. The first-order valence-electron chi connectivity index (χ1n) is 9.55. The van der Waals surface area contributed by atoms with Gasteiger partial charge in [-0.3, -0.25) is 14.4 Å². The molecule has 7 nitrogen and oxygen atoms in total. The number of ketones is 1. The summed E-state index contributed by atoms with van der Waals surface area (Å²) in [6.45, 7) is 2.37. The number of ether oxygens (including phenoxy) is 2. The van der Waals surface area contributed by atoms with E-state index in [1.165, 1.54) is 4.90 Å². The zero-order valence-corrected chi connectivity index (χ0v) is 17.9. The summed E-state index contributed by atoms with van der Waals surface area (Å²) in [5, 5.41) is 3.74. The predicted octanol–water partition coefficient (Wildman–Crippen LogP) is 2.12. The molecule has 9 heteroatoms. The lowest BCUT2D eigenvalue weighted by atomic mass is 10.1. The summed E-state index contributed by atoms with van der Waals surface area (Å²) in [6, 6.07) is 5.41. The highest BCUT2D eigenvalue weighted by molar-refractivity contribution is 6.42. The van der Waals surface area contributed by atoms with Gasteiger partial charge in [-0.25, -0.2) is 0 Å². The molecule has 2 amide bonds. The van der Waals surface area contributed by atoms with Gasteiger partial charge in [0.2, 0.25) is 11.7 Å². The van der Waals surface area contributed by atoms with Gasteiger partial charge in [0.25, 0.3) is 5.91 Å². The Morgan fingerprint density at radius 1 is 1.17 bits per heavy atom. The van der Waals surface area contributed by atoms with E-state index in [1.54, 1.807) is 19.2 Å². The van der Waals surface area contributed by atoms with Crippen LogP contribution >= 0.6 is 23.2 Å². The Bertz CT molecular complexity index is 729. The number of hydrogen-bond donors (Lipinski definition) is 1. The van der Waals surface area contributed by atoms with E-state index >= 15 is 0 Å². The highest BCUT2D eigenvalue weighted by Gasteiger charge is 2.42. The van der Waals surface area contributed by atoms with Crippen molar-refractivity contribution in [3.63, 3.8) is 0 Å². The molecule has 1 unspecified atom stereocenters. The Balaban J connectivity index is 1.69. The second-order valence-electron chi connectivity index (χ2n) is 6.77. The molecule has 1 aliphatic rings. The number of amides is 2. The lowest BCUT2D eigenvalue weighted by Crippen LogP contribution is -2.36. The number of rotatable bonds is 12. The van der Waals surface area contributed by atoms with Crippen molar-refractivity contribution in [2.45, 2.75) is 19.3 Å². The maximum absolute atomic E-state index is 12.3. The third-order valence-corrected chi connectivity index (χ3v) is 5.35.